The summed E-state index contributed by atoms with van der Waals surface area (Å²) in [5, 5.41) is 10.4. The van der Waals surface area contributed by atoms with Crippen LogP contribution in [-0.4, -0.2) is 31.1 Å². The second kappa shape index (κ2) is 9.48. The average molecular weight is 477 g/mol. The van der Waals surface area contributed by atoms with Gasteiger partial charge in [-0.25, -0.2) is 8.42 Å². The molecule has 0 unspecified atom stereocenters. The van der Waals surface area contributed by atoms with Crippen molar-refractivity contribution in [1.82, 2.24) is 10.2 Å². The van der Waals surface area contributed by atoms with Gasteiger partial charge in [-0.1, -0.05) is 29.4 Å². The lowest BCUT2D eigenvalue weighted by Crippen LogP contribution is -2.30. The molecule has 8 nitrogen and oxygen atoms in total. The van der Waals surface area contributed by atoms with Crippen LogP contribution in [0.4, 0.5) is 11.7 Å². The lowest BCUT2D eigenvalue weighted by molar-refractivity contribution is 0.102. The Balaban J connectivity index is 1.49. The summed E-state index contributed by atoms with van der Waals surface area (Å²) in [6, 6.07) is 20.3. The first-order valence-corrected chi connectivity index (χ1v) is 12.1. The Morgan fingerprint density at radius 3 is 2.29 bits per heavy atom. The summed E-state index contributed by atoms with van der Waals surface area (Å²) in [5.41, 5.74) is 3.82. The second-order valence-electron chi connectivity index (χ2n) is 7.70. The summed E-state index contributed by atoms with van der Waals surface area (Å²) >= 11 is 0. The maximum atomic E-state index is 13.1. The van der Waals surface area contributed by atoms with Crippen LogP contribution < -0.4 is 9.62 Å². The van der Waals surface area contributed by atoms with Crippen molar-refractivity contribution in [2.75, 3.05) is 16.2 Å². The largest absolute Gasteiger partial charge is 0.403 e. The van der Waals surface area contributed by atoms with Crippen LogP contribution >= 0.6 is 0 Å². The molecule has 0 fully saturated rings. The number of nitrogens with one attached hydrogen (secondary N) is 1. The SMILES string of the molecule is CCN(c1ccccc1)S(=O)(=O)c1ccc(C(=O)Nc2nnc(-c3ccc(C)c(C)c3)o2)cc1. The first-order chi connectivity index (χ1) is 16.3. The van der Waals surface area contributed by atoms with Crippen molar-refractivity contribution in [3.63, 3.8) is 0 Å². The number of carbonyl (C=O) groups excluding carboxylic acids is 1. The number of sulfonamides is 1. The molecule has 1 heterocycles. The monoisotopic (exact) mass is 476 g/mol. The Morgan fingerprint density at radius 1 is 0.941 bits per heavy atom. The molecule has 0 bridgehead atoms. The van der Waals surface area contributed by atoms with Gasteiger partial charge in [-0.15, -0.1) is 5.10 Å². The zero-order valence-corrected chi connectivity index (χ0v) is 19.8. The summed E-state index contributed by atoms with van der Waals surface area (Å²) in [6.45, 7) is 6.04. The first-order valence-electron chi connectivity index (χ1n) is 10.7. The van der Waals surface area contributed by atoms with Crippen LogP contribution in [0.25, 0.3) is 11.5 Å². The molecule has 3 aromatic carbocycles. The van der Waals surface area contributed by atoms with Gasteiger partial charge in [0.05, 0.1) is 10.6 Å². The quantitative estimate of drug-likeness (QED) is 0.410. The van der Waals surface area contributed by atoms with Crippen molar-refractivity contribution in [3.8, 4) is 11.5 Å². The molecule has 4 rings (SSSR count). The van der Waals surface area contributed by atoms with E-state index in [2.05, 4.69) is 15.5 Å². The molecule has 0 aliphatic heterocycles. The van der Waals surface area contributed by atoms with Gasteiger partial charge in [0, 0.05) is 17.7 Å². The van der Waals surface area contributed by atoms with Gasteiger partial charge in [0.25, 0.3) is 15.9 Å². The van der Waals surface area contributed by atoms with Crippen molar-refractivity contribution in [2.24, 2.45) is 0 Å². The Morgan fingerprint density at radius 2 is 1.65 bits per heavy atom. The fourth-order valence-electron chi connectivity index (χ4n) is 3.43. The van der Waals surface area contributed by atoms with Crippen molar-refractivity contribution < 1.29 is 17.6 Å². The number of aryl methyl sites for hydroxylation is 2. The lowest BCUT2D eigenvalue weighted by atomic mass is 10.1. The molecular formula is C25H24N4O4S. The van der Waals surface area contributed by atoms with E-state index < -0.39 is 15.9 Å². The van der Waals surface area contributed by atoms with E-state index in [1.807, 2.05) is 38.1 Å². The molecule has 1 amide bonds. The third-order valence-corrected chi connectivity index (χ3v) is 7.35. The molecule has 0 radical (unpaired) electrons. The topological polar surface area (TPSA) is 105 Å². The van der Waals surface area contributed by atoms with Crippen molar-refractivity contribution in [2.45, 2.75) is 25.7 Å². The van der Waals surface area contributed by atoms with Gasteiger partial charge in [0.2, 0.25) is 5.89 Å². The number of aromatic nitrogens is 2. The van der Waals surface area contributed by atoms with Gasteiger partial charge in [-0.3, -0.25) is 14.4 Å². The summed E-state index contributed by atoms with van der Waals surface area (Å²) in [6.07, 6.45) is 0. The molecule has 0 aliphatic carbocycles. The van der Waals surface area contributed by atoms with Gasteiger partial charge in [0.1, 0.15) is 0 Å². The molecule has 0 aliphatic rings. The highest BCUT2D eigenvalue weighted by atomic mass is 32.2. The number of anilines is 2. The minimum atomic E-state index is -3.78. The van der Waals surface area contributed by atoms with Crippen LogP contribution in [0, 0.1) is 13.8 Å². The van der Waals surface area contributed by atoms with E-state index in [1.54, 1.807) is 31.2 Å². The Labute approximate surface area is 198 Å². The van der Waals surface area contributed by atoms with Gasteiger partial charge >= 0.3 is 6.01 Å². The highest BCUT2D eigenvalue weighted by Crippen LogP contribution is 2.25. The van der Waals surface area contributed by atoms with Crippen molar-refractivity contribution in [1.29, 1.82) is 0 Å². The fraction of sp³-hybridized carbons (Fsp3) is 0.160. The number of nitrogens with zero attached hydrogens (tertiary/aromatic N) is 3. The lowest BCUT2D eigenvalue weighted by Gasteiger charge is -2.22. The van der Waals surface area contributed by atoms with Crippen LogP contribution in [0.3, 0.4) is 0 Å². The van der Waals surface area contributed by atoms with E-state index in [1.165, 1.54) is 28.6 Å². The molecule has 1 aromatic heterocycles. The van der Waals surface area contributed by atoms with Crippen LogP contribution in [0.1, 0.15) is 28.4 Å². The first kappa shape index (κ1) is 23.2. The molecule has 9 heteroatoms. The minimum absolute atomic E-state index is 0.0452. The predicted molar refractivity (Wildman–Crippen MR) is 130 cm³/mol. The Bertz CT molecular complexity index is 1420. The average Bonchev–Trinajstić information content (AvgIpc) is 3.30. The van der Waals surface area contributed by atoms with E-state index in [0.717, 1.165) is 16.7 Å². The van der Waals surface area contributed by atoms with Gasteiger partial charge in [0.15, 0.2) is 0 Å². The molecule has 0 saturated carbocycles. The minimum Gasteiger partial charge on any atom is -0.403 e. The number of rotatable bonds is 7. The smallest absolute Gasteiger partial charge is 0.322 e. The van der Waals surface area contributed by atoms with Gasteiger partial charge in [-0.05, 0) is 80.4 Å². The number of amides is 1. The highest BCUT2D eigenvalue weighted by Gasteiger charge is 2.24. The molecule has 4 aromatic rings. The maximum absolute atomic E-state index is 13.1. The molecule has 1 N–H and O–H groups in total. The van der Waals surface area contributed by atoms with Crippen LogP contribution in [0.15, 0.2) is 82.1 Å². The normalized spacial score (nSPS) is 11.3. The molecule has 0 atom stereocenters. The Hall–Kier alpha value is -3.98. The fourth-order valence-corrected chi connectivity index (χ4v) is 4.90. The third-order valence-electron chi connectivity index (χ3n) is 5.44. The van der Waals surface area contributed by atoms with E-state index in [4.69, 9.17) is 4.42 Å². The zero-order valence-electron chi connectivity index (χ0n) is 19.0. The van der Waals surface area contributed by atoms with Crippen molar-refractivity contribution in [3.05, 3.63) is 89.5 Å². The van der Waals surface area contributed by atoms with Crippen LogP contribution in [0.5, 0.6) is 0 Å². The zero-order chi connectivity index (χ0) is 24.3. The number of hydrogen-bond donors (Lipinski definition) is 1. The molecule has 0 saturated heterocycles. The van der Waals surface area contributed by atoms with E-state index in [0.29, 0.717) is 11.6 Å². The van der Waals surface area contributed by atoms with Crippen LogP contribution in [-0.2, 0) is 10.0 Å². The van der Waals surface area contributed by atoms with Crippen molar-refractivity contribution >= 4 is 27.6 Å². The standard InChI is InChI=1S/C25H24N4O4S/c1-4-29(21-8-6-5-7-9-21)34(31,32)22-14-12-19(13-15-22)23(30)26-25-28-27-24(33-25)20-11-10-17(2)18(3)16-20/h5-16H,4H2,1-3H3,(H,26,28,30). The highest BCUT2D eigenvalue weighted by molar-refractivity contribution is 7.92. The van der Waals surface area contributed by atoms with Gasteiger partial charge < -0.3 is 4.42 Å². The number of carbonyl (C=O) groups is 1. The molecule has 174 valence electrons. The maximum Gasteiger partial charge on any atom is 0.322 e. The number of benzene rings is 3. The van der Waals surface area contributed by atoms with Crippen LogP contribution in [0.2, 0.25) is 0 Å². The predicted octanol–water partition coefficient (Wildman–Crippen LogP) is 4.82. The molecule has 0 spiro atoms. The van der Waals surface area contributed by atoms with E-state index in [-0.39, 0.29) is 23.0 Å². The summed E-state index contributed by atoms with van der Waals surface area (Å²) in [5.74, 6) is -0.199. The van der Waals surface area contributed by atoms with Gasteiger partial charge in [-0.2, -0.15) is 0 Å². The summed E-state index contributed by atoms with van der Waals surface area (Å²) in [4.78, 5) is 12.7. The molecule has 34 heavy (non-hydrogen) atoms. The number of hydrogen-bond acceptors (Lipinski definition) is 6. The summed E-state index contributed by atoms with van der Waals surface area (Å²) < 4.78 is 33.1. The summed E-state index contributed by atoms with van der Waals surface area (Å²) in [7, 11) is -3.78. The van der Waals surface area contributed by atoms with E-state index in [9.17, 15) is 13.2 Å². The number of para-hydroxylation sites is 1. The third kappa shape index (κ3) is 4.69. The Kier molecular flexibility index (Phi) is 6.47. The van der Waals surface area contributed by atoms with E-state index >= 15 is 0 Å². The molecular weight excluding hydrogens is 452 g/mol. The second-order valence-corrected chi connectivity index (χ2v) is 9.56.